The first kappa shape index (κ1) is 16.0. The number of thiocarbonyl (C=S) groups is 1. The number of hydrogen-bond donors (Lipinski definition) is 3. The van der Waals surface area contributed by atoms with Crippen molar-refractivity contribution in [1.82, 2.24) is 10.6 Å². The van der Waals surface area contributed by atoms with Gasteiger partial charge in [-0.3, -0.25) is 0 Å². The molecule has 0 amide bonds. The molecule has 0 aromatic heterocycles. The fourth-order valence-electron chi connectivity index (χ4n) is 3.56. The van der Waals surface area contributed by atoms with Crippen LogP contribution in [0.5, 0.6) is 0 Å². The molecule has 1 aliphatic carbocycles. The fraction of sp³-hybridized carbons (Fsp3) is 0.938. The summed E-state index contributed by atoms with van der Waals surface area (Å²) in [7, 11) is 0. The van der Waals surface area contributed by atoms with Gasteiger partial charge in [0.15, 0.2) is 5.11 Å². The predicted octanol–water partition coefficient (Wildman–Crippen LogP) is 1.63. The minimum atomic E-state index is 0.277. The van der Waals surface area contributed by atoms with Crippen LogP contribution >= 0.6 is 12.2 Å². The first-order valence-corrected chi connectivity index (χ1v) is 8.88. The Morgan fingerprint density at radius 2 is 1.65 bits per heavy atom. The van der Waals surface area contributed by atoms with E-state index in [-0.39, 0.29) is 5.54 Å². The predicted molar refractivity (Wildman–Crippen MR) is 89.2 cm³/mol. The van der Waals surface area contributed by atoms with Gasteiger partial charge in [0.05, 0.1) is 19.6 Å². The minimum Gasteiger partial charge on any atom is -0.360 e. The third-order valence-corrected chi connectivity index (χ3v) is 5.31. The Hall–Kier alpha value is -0.350. The molecule has 1 heterocycles. The highest BCUT2D eigenvalue weighted by Gasteiger charge is 2.31. The van der Waals surface area contributed by atoms with Crippen LogP contribution in [0, 0.1) is 0 Å². The van der Waals surface area contributed by atoms with E-state index in [1.807, 2.05) is 0 Å². The number of nitrogens with one attached hydrogen (secondary N) is 3. The number of piperidine rings is 1. The van der Waals surface area contributed by atoms with Crippen molar-refractivity contribution in [2.75, 3.05) is 19.6 Å². The van der Waals surface area contributed by atoms with Gasteiger partial charge in [-0.1, -0.05) is 19.3 Å². The van der Waals surface area contributed by atoms with Crippen molar-refractivity contribution in [2.45, 2.75) is 76.8 Å². The van der Waals surface area contributed by atoms with Crippen LogP contribution in [-0.2, 0) is 0 Å². The topological polar surface area (TPSA) is 28.5 Å². The van der Waals surface area contributed by atoms with Crippen LogP contribution in [0.2, 0.25) is 0 Å². The summed E-state index contributed by atoms with van der Waals surface area (Å²) >= 11 is 5.47. The van der Waals surface area contributed by atoms with E-state index >= 15 is 0 Å². The lowest BCUT2D eigenvalue weighted by atomic mass is 9.96. The Bertz CT molecular complexity index is 305. The number of rotatable bonds is 4. The molecule has 0 aromatic carbocycles. The maximum atomic E-state index is 5.47. The van der Waals surface area contributed by atoms with Gasteiger partial charge in [-0.2, -0.15) is 0 Å². The summed E-state index contributed by atoms with van der Waals surface area (Å²) in [4.78, 5) is 1.73. The van der Waals surface area contributed by atoms with Crippen molar-refractivity contribution in [3.8, 4) is 0 Å². The van der Waals surface area contributed by atoms with E-state index in [0.29, 0.717) is 6.04 Å². The Labute approximate surface area is 129 Å². The maximum absolute atomic E-state index is 5.47. The fourth-order valence-corrected chi connectivity index (χ4v) is 3.80. The molecule has 2 rings (SSSR count). The molecule has 0 spiro atoms. The third kappa shape index (κ3) is 4.88. The van der Waals surface area contributed by atoms with Crippen LogP contribution in [0.3, 0.4) is 0 Å². The first-order chi connectivity index (χ1) is 9.58. The quantitative estimate of drug-likeness (QED) is 0.689. The summed E-state index contributed by atoms with van der Waals surface area (Å²) in [6, 6.07) is 0.606. The summed E-state index contributed by atoms with van der Waals surface area (Å²) in [5.41, 5.74) is 0.277. The molecule has 0 bridgehead atoms. The lowest BCUT2D eigenvalue weighted by Gasteiger charge is -2.38. The molecule has 3 nitrogen and oxygen atoms in total. The van der Waals surface area contributed by atoms with Crippen molar-refractivity contribution < 1.29 is 4.90 Å². The van der Waals surface area contributed by atoms with Gasteiger partial charge in [0.25, 0.3) is 0 Å². The van der Waals surface area contributed by atoms with E-state index < -0.39 is 0 Å². The Kier molecular flexibility index (Phi) is 6.09. The molecular weight excluding hydrogens is 266 g/mol. The molecule has 4 heteroatoms. The van der Waals surface area contributed by atoms with Gasteiger partial charge < -0.3 is 15.5 Å². The van der Waals surface area contributed by atoms with E-state index in [1.54, 1.807) is 4.90 Å². The first-order valence-electron chi connectivity index (χ1n) is 8.47. The van der Waals surface area contributed by atoms with E-state index in [2.05, 4.69) is 24.5 Å². The van der Waals surface area contributed by atoms with Crippen molar-refractivity contribution >= 4 is 17.3 Å². The van der Waals surface area contributed by atoms with Crippen molar-refractivity contribution in [1.29, 1.82) is 0 Å². The van der Waals surface area contributed by atoms with E-state index in [4.69, 9.17) is 12.2 Å². The normalized spacial score (nSPS) is 22.5. The second-order valence-electron chi connectivity index (χ2n) is 7.21. The monoisotopic (exact) mass is 298 g/mol. The zero-order valence-electron chi connectivity index (χ0n) is 13.3. The molecule has 0 atom stereocenters. The molecule has 2 aliphatic rings. The second-order valence-corrected chi connectivity index (χ2v) is 7.62. The lowest BCUT2D eigenvalue weighted by molar-refractivity contribution is -0.951. The van der Waals surface area contributed by atoms with Gasteiger partial charge in [0.1, 0.15) is 5.54 Å². The largest absolute Gasteiger partial charge is 0.360 e. The molecule has 0 aromatic rings. The molecule has 0 radical (unpaired) electrons. The highest BCUT2D eigenvalue weighted by atomic mass is 32.1. The summed E-state index contributed by atoms with van der Waals surface area (Å²) in [6.07, 6.45) is 10.8. The average molecular weight is 299 g/mol. The Morgan fingerprint density at radius 3 is 2.30 bits per heavy atom. The number of likely N-dealkylation sites (tertiary alicyclic amines) is 1. The number of hydrogen-bond acceptors (Lipinski definition) is 1. The SMILES string of the molecule is CC(C)(CNC(=S)NC1CCCCC1)[NH+]1CCCCC1. The van der Waals surface area contributed by atoms with Crippen molar-refractivity contribution in [2.24, 2.45) is 0 Å². The standard InChI is InChI=1S/C16H31N3S/c1-16(2,19-11-7-4-8-12-19)13-17-15(20)18-14-9-5-3-6-10-14/h14H,3-13H2,1-2H3,(H2,17,18,20)/p+1. The molecule has 3 N–H and O–H groups in total. The summed E-state index contributed by atoms with van der Waals surface area (Å²) in [5, 5.41) is 7.83. The second kappa shape index (κ2) is 7.60. The number of quaternary nitrogens is 1. The van der Waals surface area contributed by atoms with Crippen molar-refractivity contribution in [3.05, 3.63) is 0 Å². The lowest BCUT2D eigenvalue weighted by Crippen LogP contribution is -3.21. The van der Waals surface area contributed by atoms with Crippen LogP contribution in [0.25, 0.3) is 0 Å². The van der Waals surface area contributed by atoms with Crippen LogP contribution in [-0.4, -0.2) is 36.3 Å². The molecule has 1 aliphatic heterocycles. The minimum absolute atomic E-state index is 0.277. The van der Waals surface area contributed by atoms with E-state index in [9.17, 15) is 0 Å². The molecule has 0 unspecified atom stereocenters. The van der Waals surface area contributed by atoms with E-state index in [0.717, 1.165) is 11.7 Å². The maximum Gasteiger partial charge on any atom is 0.166 e. The summed E-state index contributed by atoms with van der Waals surface area (Å²) < 4.78 is 0. The van der Waals surface area contributed by atoms with Gasteiger partial charge in [0.2, 0.25) is 0 Å². The third-order valence-electron chi connectivity index (χ3n) is 5.05. The molecule has 20 heavy (non-hydrogen) atoms. The summed E-state index contributed by atoms with van der Waals surface area (Å²) in [6.45, 7) is 8.34. The van der Waals surface area contributed by atoms with Gasteiger partial charge in [-0.05, 0) is 58.2 Å². The van der Waals surface area contributed by atoms with E-state index in [1.165, 1.54) is 64.5 Å². The molecule has 2 fully saturated rings. The van der Waals surface area contributed by atoms with Crippen molar-refractivity contribution in [3.63, 3.8) is 0 Å². The zero-order chi connectivity index (χ0) is 14.4. The van der Waals surface area contributed by atoms with Crippen LogP contribution in [0.1, 0.15) is 65.2 Å². The molecular formula is C16H32N3S+. The highest BCUT2D eigenvalue weighted by molar-refractivity contribution is 7.80. The Morgan fingerprint density at radius 1 is 1.05 bits per heavy atom. The smallest absolute Gasteiger partial charge is 0.166 e. The van der Waals surface area contributed by atoms with Crippen LogP contribution in [0.4, 0.5) is 0 Å². The zero-order valence-corrected chi connectivity index (χ0v) is 14.1. The van der Waals surface area contributed by atoms with Gasteiger partial charge in [-0.25, -0.2) is 0 Å². The van der Waals surface area contributed by atoms with Crippen LogP contribution in [0.15, 0.2) is 0 Å². The Balaban J connectivity index is 1.70. The van der Waals surface area contributed by atoms with Gasteiger partial charge >= 0.3 is 0 Å². The highest BCUT2D eigenvalue weighted by Crippen LogP contribution is 2.17. The van der Waals surface area contributed by atoms with Gasteiger partial charge in [-0.15, -0.1) is 0 Å². The van der Waals surface area contributed by atoms with Crippen LogP contribution < -0.4 is 15.5 Å². The molecule has 1 saturated heterocycles. The van der Waals surface area contributed by atoms with Gasteiger partial charge in [0, 0.05) is 6.04 Å². The average Bonchev–Trinajstić information content (AvgIpc) is 2.47. The molecule has 116 valence electrons. The molecule has 1 saturated carbocycles. The summed E-state index contributed by atoms with van der Waals surface area (Å²) in [5.74, 6) is 0.